The van der Waals surface area contributed by atoms with Crippen LogP contribution in [0.15, 0.2) is 54.6 Å². The monoisotopic (exact) mass is 354 g/mol. The molecule has 1 aliphatic heterocycles. The van der Waals surface area contributed by atoms with Gasteiger partial charge in [0.2, 0.25) is 5.91 Å². The molecule has 0 bridgehead atoms. The number of aliphatic hydroxyl groups is 1. The fraction of sp³-hybridized carbons (Fsp3) is 0.300. The number of primary amides is 1. The molecule has 2 amide bonds. The number of benzene rings is 2. The minimum absolute atomic E-state index is 0.0778. The number of carbonyl (C=O) groups excluding carboxylic acids is 2. The zero-order valence-electron chi connectivity index (χ0n) is 14.4. The Labute approximate surface area is 152 Å². The first-order valence-electron chi connectivity index (χ1n) is 8.59. The van der Waals surface area contributed by atoms with E-state index >= 15 is 0 Å². The highest BCUT2D eigenvalue weighted by molar-refractivity contribution is 5.97. The second-order valence-electron chi connectivity index (χ2n) is 6.61. The molecule has 0 radical (unpaired) electrons. The van der Waals surface area contributed by atoms with Gasteiger partial charge in [-0.15, -0.1) is 0 Å². The van der Waals surface area contributed by atoms with Gasteiger partial charge in [0.15, 0.2) is 0 Å². The number of rotatable bonds is 5. The number of piperidine rings is 1. The van der Waals surface area contributed by atoms with Gasteiger partial charge in [-0.3, -0.25) is 9.59 Å². The Morgan fingerprint density at radius 2 is 1.81 bits per heavy atom. The molecule has 0 aromatic heterocycles. The number of ether oxygens (including phenoxy) is 1. The molecule has 3 N–H and O–H groups in total. The second kappa shape index (κ2) is 7.58. The molecule has 1 saturated heterocycles. The summed E-state index contributed by atoms with van der Waals surface area (Å²) in [6.07, 6.45) is 0.901. The van der Waals surface area contributed by atoms with Gasteiger partial charge in [0, 0.05) is 6.54 Å². The molecule has 2 aromatic rings. The molecule has 1 aliphatic rings. The van der Waals surface area contributed by atoms with Crippen LogP contribution in [0.25, 0.3) is 0 Å². The molecule has 1 heterocycles. The van der Waals surface area contributed by atoms with Crippen LogP contribution in [0.1, 0.15) is 29.6 Å². The molecule has 1 fully saturated rings. The lowest BCUT2D eigenvalue weighted by Crippen LogP contribution is -2.51. The first-order valence-corrected chi connectivity index (χ1v) is 8.59. The van der Waals surface area contributed by atoms with Crippen LogP contribution in [0, 0.1) is 0 Å². The Hall–Kier alpha value is -2.86. The zero-order chi connectivity index (χ0) is 18.6. The summed E-state index contributed by atoms with van der Waals surface area (Å²) in [5.41, 5.74) is 4.38. The van der Waals surface area contributed by atoms with Crippen molar-refractivity contribution in [3.8, 4) is 11.5 Å². The van der Waals surface area contributed by atoms with Crippen molar-refractivity contribution in [2.24, 2.45) is 5.73 Å². The van der Waals surface area contributed by atoms with E-state index in [1.54, 1.807) is 29.2 Å². The predicted molar refractivity (Wildman–Crippen MR) is 96.9 cm³/mol. The average Bonchev–Trinajstić information content (AvgIpc) is 2.61. The highest BCUT2D eigenvalue weighted by Crippen LogP contribution is 2.29. The maximum Gasteiger partial charge on any atom is 0.257 e. The number of carbonyl (C=O) groups is 2. The second-order valence-corrected chi connectivity index (χ2v) is 6.61. The van der Waals surface area contributed by atoms with Gasteiger partial charge < -0.3 is 20.5 Å². The Morgan fingerprint density at radius 3 is 2.54 bits per heavy atom. The van der Waals surface area contributed by atoms with Crippen molar-refractivity contribution in [2.75, 3.05) is 13.1 Å². The summed E-state index contributed by atoms with van der Waals surface area (Å²) >= 11 is 0. The number of amides is 2. The number of nitrogens with two attached hydrogens (primary N) is 1. The summed E-state index contributed by atoms with van der Waals surface area (Å²) in [5.74, 6) is 0.276. The Kier molecular flexibility index (Phi) is 5.23. The van der Waals surface area contributed by atoms with E-state index in [0.717, 1.165) is 0 Å². The van der Waals surface area contributed by atoms with E-state index in [4.69, 9.17) is 10.5 Å². The summed E-state index contributed by atoms with van der Waals surface area (Å²) in [7, 11) is 0. The van der Waals surface area contributed by atoms with Gasteiger partial charge in [0.25, 0.3) is 5.91 Å². The number of hydrogen-bond donors (Lipinski definition) is 2. The van der Waals surface area contributed by atoms with Crippen LogP contribution in [-0.2, 0) is 4.79 Å². The van der Waals surface area contributed by atoms with Gasteiger partial charge in [-0.25, -0.2) is 0 Å². The number of para-hydroxylation sites is 2. The summed E-state index contributed by atoms with van der Waals surface area (Å²) < 4.78 is 5.85. The standard InChI is InChI=1S/C20H22N2O4/c21-18(23)13-20(25)11-6-12-22(14-20)19(24)16-9-4-5-10-17(16)26-15-7-2-1-3-8-15/h1-5,7-10,25H,6,11-14H2,(H2,21,23). The summed E-state index contributed by atoms with van der Waals surface area (Å²) in [4.78, 5) is 25.8. The van der Waals surface area contributed by atoms with Crippen molar-refractivity contribution in [1.29, 1.82) is 0 Å². The molecule has 1 unspecified atom stereocenters. The van der Waals surface area contributed by atoms with E-state index in [1.807, 2.05) is 30.3 Å². The lowest BCUT2D eigenvalue weighted by Gasteiger charge is -2.38. The maximum absolute atomic E-state index is 13.0. The highest BCUT2D eigenvalue weighted by Gasteiger charge is 2.37. The lowest BCUT2D eigenvalue weighted by molar-refractivity contribution is -0.125. The SMILES string of the molecule is NC(=O)CC1(O)CCCN(C(=O)c2ccccc2Oc2ccccc2)C1. The van der Waals surface area contributed by atoms with Crippen molar-refractivity contribution >= 4 is 11.8 Å². The van der Waals surface area contributed by atoms with Crippen LogP contribution < -0.4 is 10.5 Å². The first-order chi connectivity index (χ1) is 12.5. The molecule has 26 heavy (non-hydrogen) atoms. The fourth-order valence-electron chi connectivity index (χ4n) is 3.27. The normalized spacial score (nSPS) is 19.8. The van der Waals surface area contributed by atoms with Crippen LogP contribution >= 0.6 is 0 Å². The highest BCUT2D eigenvalue weighted by atomic mass is 16.5. The first kappa shape index (κ1) is 17.9. The van der Waals surface area contributed by atoms with Crippen LogP contribution in [0.2, 0.25) is 0 Å². The molecule has 136 valence electrons. The number of hydrogen-bond acceptors (Lipinski definition) is 4. The minimum atomic E-state index is -1.27. The van der Waals surface area contributed by atoms with Crippen molar-refractivity contribution in [2.45, 2.75) is 24.9 Å². The van der Waals surface area contributed by atoms with Gasteiger partial charge in [-0.2, -0.15) is 0 Å². The predicted octanol–water partition coefficient (Wildman–Crippen LogP) is 2.32. The maximum atomic E-state index is 13.0. The van der Waals surface area contributed by atoms with Crippen LogP contribution in [0.5, 0.6) is 11.5 Å². The average molecular weight is 354 g/mol. The van der Waals surface area contributed by atoms with Gasteiger partial charge in [-0.1, -0.05) is 30.3 Å². The van der Waals surface area contributed by atoms with E-state index < -0.39 is 11.5 Å². The number of β-amino-alcohol motifs (C(OH)–C–C–N with tert-alkyl or cyclic N) is 1. The molecule has 6 heteroatoms. The van der Waals surface area contributed by atoms with Crippen molar-refractivity contribution in [3.05, 3.63) is 60.2 Å². The van der Waals surface area contributed by atoms with Crippen molar-refractivity contribution < 1.29 is 19.4 Å². The summed E-state index contributed by atoms with van der Waals surface area (Å²) in [6.45, 7) is 0.591. The van der Waals surface area contributed by atoms with E-state index in [2.05, 4.69) is 0 Å². The zero-order valence-corrected chi connectivity index (χ0v) is 14.4. The van der Waals surface area contributed by atoms with Crippen LogP contribution in [0.3, 0.4) is 0 Å². The van der Waals surface area contributed by atoms with Gasteiger partial charge in [0.1, 0.15) is 11.5 Å². The third-order valence-electron chi connectivity index (χ3n) is 4.43. The molecule has 6 nitrogen and oxygen atoms in total. The van der Waals surface area contributed by atoms with Gasteiger partial charge in [-0.05, 0) is 37.1 Å². The molecular weight excluding hydrogens is 332 g/mol. The minimum Gasteiger partial charge on any atom is -0.457 e. The van der Waals surface area contributed by atoms with Crippen molar-refractivity contribution in [3.63, 3.8) is 0 Å². The topological polar surface area (TPSA) is 92.9 Å². The summed E-state index contributed by atoms with van der Waals surface area (Å²) in [5, 5.41) is 10.6. The lowest BCUT2D eigenvalue weighted by atomic mass is 9.89. The molecule has 0 aliphatic carbocycles. The van der Waals surface area contributed by atoms with E-state index in [1.165, 1.54) is 0 Å². The van der Waals surface area contributed by atoms with E-state index in [-0.39, 0.29) is 18.9 Å². The smallest absolute Gasteiger partial charge is 0.257 e. The molecular formula is C20H22N2O4. The molecule has 2 aromatic carbocycles. The third kappa shape index (κ3) is 4.21. The number of likely N-dealkylation sites (tertiary alicyclic amines) is 1. The fourth-order valence-corrected chi connectivity index (χ4v) is 3.27. The quantitative estimate of drug-likeness (QED) is 0.862. The van der Waals surface area contributed by atoms with Gasteiger partial charge >= 0.3 is 0 Å². The van der Waals surface area contributed by atoms with Crippen molar-refractivity contribution in [1.82, 2.24) is 4.90 Å². The molecule has 0 saturated carbocycles. The van der Waals surface area contributed by atoms with Crippen LogP contribution in [-0.4, -0.2) is 40.5 Å². The third-order valence-corrected chi connectivity index (χ3v) is 4.43. The van der Waals surface area contributed by atoms with Gasteiger partial charge in [0.05, 0.1) is 24.1 Å². The molecule has 1 atom stereocenters. The molecule has 3 rings (SSSR count). The Morgan fingerprint density at radius 1 is 1.12 bits per heavy atom. The van der Waals surface area contributed by atoms with E-state index in [0.29, 0.717) is 36.4 Å². The largest absolute Gasteiger partial charge is 0.457 e. The number of nitrogens with zero attached hydrogens (tertiary/aromatic N) is 1. The summed E-state index contributed by atoms with van der Waals surface area (Å²) in [6, 6.07) is 16.2. The van der Waals surface area contributed by atoms with E-state index in [9.17, 15) is 14.7 Å². The van der Waals surface area contributed by atoms with Crippen LogP contribution in [0.4, 0.5) is 0 Å². The Balaban J connectivity index is 1.80. The Bertz CT molecular complexity index is 793. The molecule has 0 spiro atoms.